The van der Waals surface area contributed by atoms with Crippen molar-refractivity contribution in [3.63, 3.8) is 0 Å². The molecule has 1 saturated heterocycles. The fraction of sp³-hybridized carbons (Fsp3) is 0.889. The van der Waals surface area contributed by atoms with Crippen LogP contribution in [-0.4, -0.2) is 60.3 Å². The van der Waals surface area contributed by atoms with Crippen molar-refractivity contribution in [2.24, 2.45) is 17.8 Å². The lowest BCUT2D eigenvalue weighted by Gasteiger charge is -2.30. The number of nitrogens with zero attached hydrogens (tertiary/aromatic N) is 1. The van der Waals surface area contributed by atoms with Gasteiger partial charge in [0.15, 0.2) is 0 Å². The van der Waals surface area contributed by atoms with Crippen molar-refractivity contribution in [2.45, 2.75) is 57.6 Å². The van der Waals surface area contributed by atoms with Crippen LogP contribution >= 0.6 is 0 Å². The smallest absolute Gasteiger partial charge is 0.248 e. The third kappa shape index (κ3) is 4.28. The van der Waals surface area contributed by atoms with Gasteiger partial charge in [-0.2, -0.15) is 0 Å². The monoisotopic (exact) mass is 338 g/mol. The second-order valence-corrected chi connectivity index (χ2v) is 7.82. The van der Waals surface area contributed by atoms with Crippen LogP contribution in [0.15, 0.2) is 0 Å². The Hall–Kier alpha value is -1.14. The second kappa shape index (κ2) is 7.83. The molecule has 5 atom stereocenters. The van der Waals surface area contributed by atoms with E-state index < -0.39 is 6.10 Å². The van der Waals surface area contributed by atoms with E-state index in [1.807, 2.05) is 0 Å². The molecule has 136 valence electrons. The first-order valence-corrected chi connectivity index (χ1v) is 9.36. The van der Waals surface area contributed by atoms with Crippen molar-refractivity contribution in [1.82, 2.24) is 10.2 Å². The molecule has 2 aliphatic carbocycles. The molecule has 0 unspecified atom stereocenters. The molecule has 0 spiro atoms. The number of likely N-dealkylation sites (tertiary alicyclic amines) is 1. The highest BCUT2D eigenvalue weighted by Gasteiger charge is 2.42. The van der Waals surface area contributed by atoms with Gasteiger partial charge in [-0.05, 0) is 56.8 Å². The van der Waals surface area contributed by atoms with E-state index in [0.717, 1.165) is 24.7 Å². The Morgan fingerprint density at radius 2 is 2.08 bits per heavy atom. The van der Waals surface area contributed by atoms with Gasteiger partial charge in [0, 0.05) is 19.1 Å². The van der Waals surface area contributed by atoms with Crippen LogP contribution in [-0.2, 0) is 14.3 Å². The Morgan fingerprint density at radius 3 is 2.75 bits per heavy atom. The summed E-state index contributed by atoms with van der Waals surface area (Å²) in [4.78, 5) is 25.6. The number of β-amino-alcohol motifs (C(OH)–C–C–N with tert-alkyl or cyclic N) is 1. The topological polar surface area (TPSA) is 78.9 Å². The van der Waals surface area contributed by atoms with Crippen LogP contribution in [0.1, 0.15) is 45.4 Å². The molecule has 1 aliphatic heterocycles. The number of hydrogen-bond donors (Lipinski definition) is 2. The summed E-state index contributed by atoms with van der Waals surface area (Å²) in [6, 6.07) is 0.185. The number of aliphatic hydroxyl groups excluding tert-OH is 1. The molecule has 2 N–H and O–H groups in total. The predicted octanol–water partition coefficient (Wildman–Crippen LogP) is 0.927. The predicted molar refractivity (Wildman–Crippen MR) is 89.2 cm³/mol. The highest BCUT2D eigenvalue weighted by Crippen LogP contribution is 2.49. The van der Waals surface area contributed by atoms with Crippen molar-refractivity contribution in [2.75, 3.05) is 26.3 Å². The van der Waals surface area contributed by atoms with E-state index in [1.54, 1.807) is 4.90 Å². The molecule has 1 heterocycles. The summed E-state index contributed by atoms with van der Waals surface area (Å²) in [6.45, 7) is 2.95. The molecule has 3 rings (SSSR count). The van der Waals surface area contributed by atoms with Gasteiger partial charge in [0.25, 0.3) is 0 Å². The van der Waals surface area contributed by atoms with Gasteiger partial charge >= 0.3 is 0 Å². The van der Waals surface area contributed by atoms with Gasteiger partial charge in [0.05, 0.1) is 6.10 Å². The maximum Gasteiger partial charge on any atom is 0.248 e. The number of carbonyl (C=O) groups excluding carboxylic acids is 2. The molecule has 24 heavy (non-hydrogen) atoms. The first kappa shape index (κ1) is 17.7. The third-order valence-electron chi connectivity index (χ3n) is 6.03. The maximum absolute atomic E-state index is 12.0. The zero-order valence-electron chi connectivity index (χ0n) is 14.6. The average Bonchev–Trinajstić information content (AvgIpc) is 3.17. The number of aliphatic hydroxyl groups is 1. The molecule has 2 saturated carbocycles. The number of fused-ring (bicyclic) bond motifs is 2. The minimum absolute atomic E-state index is 0.0761. The molecule has 0 radical (unpaired) electrons. The second-order valence-electron chi connectivity index (χ2n) is 7.82. The summed E-state index contributed by atoms with van der Waals surface area (Å²) in [5.41, 5.74) is 0. The van der Waals surface area contributed by atoms with Crippen molar-refractivity contribution in [1.29, 1.82) is 0 Å². The number of carbonyl (C=O) groups is 2. The van der Waals surface area contributed by atoms with E-state index >= 15 is 0 Å². The Morgan fingerprint density at radius 1 is 1.25 bits per heavy atom. The Balaban J connectivity index is 1.33. The van der Waals surface area contributed by atoms with Crippen molar-refractivity contribution in [3.8, 4) is 0 Å². The van der Waals surface area contributed by atoms with Crippen LogP contribution in [0.5, 0.6) is 0 Å². The van der Waals surface area contributed by atoms with E-state index in [4.69, 9.17) is 4.74 Å². The van der Waals surface area contributed by atoms with Gasteiger partial charge in [-0.1, -0.05) is 6.42 Å². The van der Waals surface area contributed by atoms with Crippen molar-refractivity contribution >= 4 is 11.8 Å². The molecule has 2 amide bonds. The number of piperidine rings is 1. The zero-order chi connectivity index (χ0) is 17.1. The average molecular weight is 338 g/mol. The van der Waals surface area contributed by atoms with Crippen LogP contribution in [0.3, 0.4) is 0 Å². The standard InChI is InChI=1S/C18H30N2O4/c1-12(16-8-13-4-5-14(16)7-13)19-17(22)10-24-11-18(23)20-6-2-3-15(21)9-20/h12-16,21H,2-11H2,1H3,(H,19,22)/t12-,13-,14-,15+,16+/m0/s1. The van der Waals surface area contributed by atoms with Crippen LogP contribution in [0.4, 0.5) is 0 Å². The minimum atomic E-state index is -0.436. The summed E-state index contributed by atoms with van der Waals surface area (Å²) in [7, 11) is 0. The first-order valence-electron chi connectivity index (χ1n) is 9.36. The molecule has 3 fully saturated rings. The number of hydrogen-bond acceptors (Lipinski definition) is 4. The zero-order valence-corrected chi connectivity index (χ0v) is 14.6. The SMILES string of the molecule is C[C@H](NC(=O)COCC(=O)N1CCC[C@@H](O)C1)[C@H]1C[C@H]2CC[C@H]1C2. The molecule has 6 nitrogen and oxygen atoms in total. The van der Waals surface area contributed by atoms with Gasteiger partial charge in [-0.3, -0.25) is 9.59 Å². The number of rotatable bonds is 6. The number of ether oxygens (including phenoxy) is 1. The van der Waals surface area contributed by atoms with Gasteiger partial charge in [0.2, 0.25) is 11.8 Å². The molecular weight excluding hydrogens is 308 g/mol. The van der Waals surface area contributed by atoms with Gasteiger partial charge < -0.3 is 20.1 Å². The lowest BCUT2D eigenvalue weighted by atomic mass is 9.84. The fourth-order valence-corrected chi connectivity index (χ4v) is 4.81. The first-order chi connectivity index (χ1) is 11.5. The number of amides is 2. The van der Waals surface area contributed by atoms with Gasteiger partial charge in [0.1, 0.15) is 13.2 Å². The van der Waals surface area contributed by atoms with E-state index in [9.17, 15) is 14.7 Å². The largest absolute Gasteiger partial charge is 0.391 e. The summed E-state index contributed by atoms with van der Waals surface area (Å²) in [5, 5.41) is 12.6. The minimum Gasteiger partial charge on any atom is -0.391 e. The van der Waals surface area contributed by atoms with E-state index in [2.05, 4.69) is 12.2 Å². The quantitative estimate of drug-likeness (QED) is 0.755. The summed E-state index contributed by atoms with van der Waals surface area (Å²) >= 11 is 0. The number of nitrogens with one attached hydrogen (secondary N) is 1. The third-order valence-corrected chi connectivity index (χ3v) is 6.03. The lowest BCUT2D eigenvalue weighted by Crippen LogP contribution is -2.45. The van der Waals surface area contributed by atoms with Gasteiger partial charge in [-0.25, -0.2) is 0 Å². The highest BCUT2D eigenvalue weighted by molar-refractivity contribution is 5.79. The summed E-state index contributed by atoms with van der Waals surface area (Å²) in [6.07, 6.45) is 6.36. The van der Waals surface area contributed by atoms with E-state index in [1.165, 1.54) is 25.7 Å². The Labute approximate surface area is 143 Å². The maximum atomic E-state index is 12.0. The Kier molecular flexibility index (Phi) is 5.76. The molecular formula is C18H30N2O4. The molecule has 0 aromatic carbocycles. The lowest BCUT2D eigenvalue weighted by molar-refractivity contribution is -0.141. The Bertz CT molecular complexity index is 470. The van der Waals surface area contributed by atoms with Crippen LogP contribution in [0, 0.1) is 17.8 Å². The normalized spacial score (nSPS) is 33.5. The van der Waals surface area contributed by atoms with Crippen molar-refractivity contribution < 1.29 is 19.4 Å². The molecule has 0 aromatic heterocycles. The highest BCUT2D eigenvalue weighted by atomic mass is 16.5. The molecule has 6 heteroatoms. The molecule has 3 aliphatic rings. The van der Waals surface area contributed by atoms with Crippen LogP contribution in [0.25, 0.3) is 0 Å². The van der Waals surface area contributed by atoms with Crippen LogP contribution in [0.2, 0.25) is 0 Å². The van der Waals surface area contributed by atoms with Gasteiger partial charge in [-0.15, -0.1) is 0 Å². The van der Waals surface area contributed by atoms with E-state index in [-0.39, 0.29) is 31.1 Å². The van der Waals surface area contributed by atoms with E-state index in [0.29, 0.717) is 19.0 Å². The summed E-state index contributed by atoms with van der Waals surface area (Å²) in [5.74, 6) is 1.95. The van der Waals surface area contributed by atoms with Crippen molar-refractivity contribution in [3.05, 3.63) is 0 Å². The molecule has 0 aromatic rings. The fourth-order valence-electron chi connectivity index (χ4n) is 4.81. The molecule has 2 bridgehead atoms. The summed E-state index contributed by atoms with van der Waals surface area (Å²) < 4.78 is 5.29. The van der Waals surface area contributed by atoms with Crippen LogP contribution < -0.4 is 5.32 Å².